The third-order valence-electron chi connectivity index (χ3n) is 1.96. The van der Waals surface area contributed by atoms with Crippen molar-refractivity contribution in [2.24, 2.45) is 5.73 Å². The van der Waals surface area contributed by atoms with E-state index in [0.717, 1.165) is 0 Å². The van der Waals surface area contributed by atoms with Gasteiger partial charge >= 0.3 is 0 Å². The predicted molar refractivity (Wildman–Crippen MR) is 61.0 cm³/mol. The highest BCUT2D eigenvalue weighted by Gasteiger charge is 2.12. The van der Waals surface area contributed by atoms with E-state index in [2.05, 4.69) is 21.2 Å². The van der Waals surface area contributed by atoms with Crippen LogP contribution in [0.15, 0.2) is 22.7 Å². The van der Waals surface area contributed by atoms with E-state index in [1.54, 1.807) is 0 Å². The van der Waals surface area contributed by atoms with E-state index in [0.29, 0.717) is 16.6 Å². The molecule has 1 atom stereocenters. The molecule has 1 aromatic carbocycles. The van der Waals surface area contributed by atoms with Gasteiger partial charge in [-0.1, -0.05) is 6.92 Å². The Hall–Kier alpha value is -0.940. The molecule has 0 bridgehead atoms. The Morgan fingerprint density at radius 1 is 1.67 bits per heavy atom. The maximum absolute atomic E-state index is 12.9. The number of hydrogen-bond donors (Lipinski definition) is 2. The smallest absolute Gasteiger partial charge is 0.241 e. The number of nitrogens with two attached hydrogens (primary N) is 1. The predicted octanol–water partition coefficient (Wildman–Crippen LogP) is 2.26. The van der Waals surface area contributed by atoms with Gasteiger partial charge in [-0.3, -0.25) is 4.79 Å². The number of anilines is 1. The maximum Gasteiger partial charge on any atom is 0.241 e. The Balaban J connectivity index is 2.80. The summed E-state index contributed by atoms with van der Waals surface area (Å²) in [7, 11) is 0. The quantitative estimate of drug-likeness (QED) is 0.889. The number of benzene rings is 1. The first-order chi connectivity index (χ1) is 7.04. The van der Waals surface area contributed by atoms with Crippen LogP contribution in [-0.2, 0) is 4.79 Å². The number of carbonyl (C=O) groups is 1. The molecule has 0 saturated carbocycles. The summed E-state index contributed by atoms with van der Waals surface area (Å²) in [6.45, 7) is 1.81. The zero-order valence-electron chi connectivity index (χ0n) is 8.26. The zero-order chi connectivity index (χ0) is 11.4. The molecule has 0 heterocycles. The molecule has 0 fully saturated rings. The van der Waals surface area contributed by atoms with Crippen molar-refractivity contribution in [3.63, 3.8) is 0 Å². The highest BCUT2D eigenvalue weighted by atomic mass is 79.9. The van der Waals surface area contributed by atoms with E-state index in [1.807, 2.05) is 6.92 Å². The van der Waals surface area contributed by atoms with Crippen molar-refractivity contribution in [1.29, 1.82) is 0 Å². The Kier molecular flexibility index (Phi) is 4.23. The largest absolute Gasteiger partial charge is 0.324 e. The van der Waals surface area contributed by atoms with E-state index >= 15 is 0 Å². The molecular weight excluding hydrogens is 263 g/mol. The highest BCUT2D eigenvalue weighted by molar-refractivity contribution is 9.10. The molecule has 1 rings (SSSR count). The molecule has 0 spiro atoms. The minimum absolute atomic E-state index is 0.316. The molecule has 0 aliphatic rings. The summed E-state index contributed by atoms with van der Waals surface area (Å²) in [5.41, 5.74) is 5.92. The number of hydrogen-bond acceptors (Lipinski definition) is 2. The summed E-state index contributed by atoms with van der Waals surface area (Å²) in [5, 5.41) is 2.55. The lowest BCUT2D eigenvalue weighted by atomic mass is 10.2. The van der Waals surface area contributed by atoms with Crippen LogP contribution in [0.3, 0.4) is 0 Å². The molecule has 15 heavy (non-hydrogen) atoms. The third-order valence-corrected chi connectivity index (χ3v) is 2.65. The van der Waals surface area contributed by atoms with Crippen LogP contribution in [0.25, 0.3) is 0 Å². The van der Waals surface area contributed by atoms with Crippen molar-refractivity contribution in [3.05, 3.63) is 28.5 Å². The van der Waals surface area contributed by atoms with Crippen molar-refractivity contribution in [2.75, 3.05) is 5.32 Å². The second-order valence-electron chi connectivity index (χ2n) is 3.13. The lowest BCUT2D eigenvalue weighted by molar-refractivity contribution is -0.117. The van der Waals surface area contributed by atoms with E-state index < -0.39 is 11.9 Å². The first kappa shape index (κ1) is 12.1. The van der Waals surface area contributed by atoms with Crippen molar-refractivity contribution < 1.29 is 9.18 Å². The molecule has 1 aromatic rings. The molecule has 3 N–H and O–H groups in total. The minimum Gasteiger partial charge on any atom is -0.324 e. The molecule has 0 aliphatic heterocycles. The molecule has 5 heteroatoms. The van der Waals surface area contributed by atoms with Crippen LogP contribution in [0.5, 0.6) is 0 Å². The summed E-state index contributed by atoms with van der Waals surface area (Å²) in [6, 6.07) is 3.51. The lowest BCUT2D eigenvalue weighted by Gasteiger charge is -2.11. The van der Waals surface area contributed by atoms with Gasteiger partial charge in [0.25, 0.3) is 0 Å². The second-order valence-corrected chi connectivity index (χ2v) is 3.98. The van der Waals surface area contributed by atoms with Crippen LogP contribution < -0.4 is 11.1 Å². The van der Waals surface area contributed by atoms with E-state index in [1.165, 1.54) is 18.2 Å². The Labute approximate surface area is 96.0 Å². The highest BCUT2D eigenvalue weighted by Crippen LogP contribution is 2.23. The summed E-state index contributed by atoms with van der Waals surface area (Å²) >= 11 is 3.21. The van der Waals surface area contributed by atoms with Gasteiger partial charge in [0.05, 0.1) is 11.7 Å². The van der Waals surface area contributed by atoms with Gasteiger partial charge in [-0.15, -0.1) is 0 Å². The van der Waals surface area contributed by atoms with Gasteiger partial charge in [-0.25, -0.2) is 4.39 Å². The first-order valence-electron chi connectivity index (χ1n) is 4.56. The number of rotatable bonds is 3. The van der Waals surface area contributed by atoms with Gasteiger partial charge in [-0.2, -0.15) is 0 Å². The lowest BCUT2D eigenvalue weighted by Crippen LogP contribution is -2.34. The van der Waals surface area contributed by atoms with Crippen molar-refractivity contribution >= 4 is 27.5 Å². The van der Waals surface area contributed by atoms with Crippen LogP contribution in [-0.4, -0.2) is 11.9 Å². The standard InChI is InChI=1S/C10H12BrFN2O/c1-2-8(13)10(15)14-9-5-6(12)3-4-7(9)11/h3-5,8H,2,13H2,1H3,(H,14,15)/t8-/m1/s1. The summed E-state index contributed by atoms with van der Waals surface area (Å²) in [5.74, 6) is -0.720. The van der Waals surface area contributed by atoms with Crippen molar-refractivity contribution in [2.45, 2.75) is 19.4 Å². The molecule has 1 amide bonds. The van der Waals surface area contributed by atoms with Gasteiger partial charge in [0, 0.05) is 4.47 Å². The van der Waals surface area contributed by atoms with Gasteiger partial charge in [-0.05, 0) is 40.5 Å². The average molecular weight is 275 g/mol. The Bertz CT molecular complexity index is 370. The molecule has 0 saturated heterocycles. The number of nitrogens with one attached hydrogen (secondary N) is 1. The molecule has 0 aromatic heterocycles. The molecule has 82 valence electrons. The van der Waals surface area contributed by atoms with E-state index in [-0.39, 0.29) is 5.91 Å². The minimum atomic E-state index is -0.569. The van der Waals surface area contributed by atoms with Gasteiger partial charge in [0.2, 0.25) is 5.91 Å². The third kappa shape index (κ3) is 3.28. The van der Waals surface area contributed by atoms with Crippen LogP contribution in [0, 0.1) is 5.82 Å². The van der Waals surface area contributed by atoms with Crippen LogP contribution in [0.1, 0.15) is 13.3 Å². The fourth-order valence-corrected chi connectivity index (χ4v) is 1.35. The fourth-order valence-electron chi connectivity index (χ4n) is 1.00. The molecule has 0 unspecified atom stereocenters. The Morgan fingerprint density at radius 3 is 2.93 bits per heavy atom. The normalized spacial score (nSPS) is 12.3. The zero-order valence-corrected chi connectivity index (χ0v) is 9.84. The van der Waals surface area contributed by atoms with Crippen molar-refractivity contribution in [1.82, 2.24) is 0 Å². The topological polar surface area (TPSA) is 55.1 Å². The summed E-state index contributed by atoms with van der Waals surface area (Å²) < 4.78 is 13.5. The van der Waals surface area contributed by atoms with E-state index in [4.69, 9.17) is 5.73 Å². The molecular formula is C10H12BrFN2O. The van der Waals surface area contributed by atoms with Crippen LogP contribution in [0.2, 0.25) is 0 Å². The Morgan fingerprint density at radius 2 is 2.33 bits per heavy atom. The summed E-state index contributed by atoms with van der Waals surface area (Å²) in [6.07, 6.45) is 0.540. The second kappa shape index (κ2) is 5.23. The maximum atomic E-state index is 12.9. The van der Waals surface area contributed by atoms with Crippen molar-refractivity contribution in [3.8, 4) is 0 Å². The first-order valence-corrected chi connectivity index (χ1v) is 5.35. The van der Waals surface area contributed by atoms with E-state index in [9.17, 15) is 9.18 Å². The SMILES string of the molecule is CC[C@@H](N)C(=O)Nc1cc(F)ccc1Br. The fraction of sp³-hybridized carbons (Fsp3) is 0.300. The number of carbonyl (C=O) groups excluding carboxylic acids is 1. The van der Waals surface area contributed by atoms with Gasteiger partial charge in [0.15, 0.2) is 0 Å². The average Bonchev–Trinajstić information content (AvgIpc) is 2.22. The van der Waals surface area contributed by atoms with Crippen LogP contribution in [0.4, 0.5) is 10.1 Å². The number of halogens is 2. The number of amides is 1. The molecule has 0 aliphatic carbocycles. The molecule has 3 nitrogen and oxygen atoms in total. The van der Waals surface area contributed by atoms with Gasteiger partial charge in [0.1, 0.15) is 5.82 Å². The molecule has 0 radical (unpaired) electrons. The van der Waals surface area contributed by atoms with Gasteiger partial charge < -0.3 is 11.1 Å². The monoisotopic (exact) mass is 274 g/mol. The van der Waals surface area contributed by atoms with Crippen LogP contribution >= 0.6 is 15.9 Å². The summed E-state index contributed by atoms with van der Waals surface area (Å²) in [4.78, 5) is 11.4.